The van der Waals surface area contributed by atoms with Gasteiger partial charge in [0, 0.05) is 12.3 Å². The number of hydrogen-bond acceptors (Lipinski definition) is 4. The van der Waals surface area contributed by atoms with Crippen LogP contribution in [0.3, 0.4) is 0 Å². The summed E-state index contributed by atoms with van der Waals surface area (Å²) in [6, 6.07) is 0. The van der Waals surface area contributed by atoms with Crippen molar-refractivity contribution in [1.29, 1.82) is 0 Å². The summed E-state index contributed by atoms with van der Waals surface area (Å²) in [5, 5.41) is 19.1. The number of esters is 1. The molecular weight excluding hydrogens is 268 g/mol. The Bertz CT molecular complexity index is 427. The molecule has 0 aromatic rings. The lowest BCUT2D eigenvalue weighted by Gasteiger charge is -2.45. The Kier molecular flexibility index (Phi) is 6.37. The van der Waals surface area contributed by atoms with Crippen LogP contribution in [0.5, 0.6) is 0 Å². The van der Waals surface area contributed by atoms with Crippen molar-refractivity contribution in [1.82, 2.24) is 0 Å². The second kappa shape index (κ2) is 7.57. The molecule has 21 heavy (non-hydrogen) atoms. The number of carbonyl (C=O) groups is 1. The predicted octanol–water partition coefficient (Wildman–Crippen LogP) is 2.24. The largest absolute Gasteiger partial charge is 0.461 e. The Balaban J connectivity index is 2.92. The normalized spacial score (nSPS) is 28.7. The van der Waals surface area contributed by atoms with Crippen molar-refractivity contribution >= 4 is 5.97 Å². The van der Waals surface area contributed by atoms with Gasteiger partial charge < -0.3 is 14.9 Å². The molecule has 0 aliphatic heterocycles. The summed E-state index contributed by atoms with van der Waals surface area (Å²) in [6.45, 7) is 13.3. The molecule has 3 atom stereocenters. The van der Waals surface area contributed by atoms with Gasteiger partial charge in [-0.1, -0.05) is 19.2 Å². The quantitative estimate of drug-likeness (QED) is 0.558. The average molecular weight is 294 g/mol. The van der Waals surface area contributed by atoms with Crippen LogP contribution in [0.25, 0.3) is 0 Å². The fraction of sp³-hybridized carbons (Fsp3) is 0.588. The van der Waals surface area contributed by atoms with Crippen LogP contribution in [0.4, 0.5) is 0 Å². The van der Waals surface area contributed by atoms with Crippen molar-refractivity contribution in [2.24, 2.45) is 17.3 Å². The van der Waals surface area contributed by atoms with Gasteiger partial charge in [0.1, 0.15) is 6.61 Å². The average Bonchev–Trinajstić information content (AvgIpc) is 2.50. The molecule has 0 bridgehead atoms. The molecule has 1 unspecified atom stereocenters. The van der Waals surface area contributed by atoms with Crippen LogP contribution in [0.1, 0.15) is 26.2 Å². The summed E-state index contributed by atoms with van der Waals surface area (Å²) in [6.07, 6.45) is 4.12. The molecule has 1 rings (SSSR count). The smallest absolute Gasteiger partial charge is 0.302 e. The van der Waals surface area contributed by atoms with Gasteiger partial charge in [-0.2, -0.15) is 0 Å². The van der Waals surface area contributed by atoms with Crippen LogP contribution in [0, 0.1) is 17.3 Å². The van der Waals surface area contributed by atoms with Gasteiger partial charge in [-0.15, -0.1) is 6.58 Å². The Hall–Kier alpha value is -1.39. The van der Waals surface area contributed by atoms with Gasteiger partial charge in [-0.3, -0.25) is 4.79 Å². The molecule has 0 aromatic carbocycles. The van der Waals surface area contributed by atoms with E-state index in [1.54, 1.807) is 6.08 Å². The van der Waals surface area contributed by atoms with Crippen molar-refractivity contribution in [2.45, 2.75) is 26.2 Å². The lowest BCUT2D eigenvalue weighted by Crippen LogP contribution is -2.40. The molecule has 4 nitrogen and oxygen atoms in total. The van der Waals surface area contributed by atoms with Gasteiger partial charge in [-0.05, 0) is 42.2 Å². The maximum absolute atomic E-state index is 11.0. The van der Waals surface area contributed by atoms with Gasteiger partial charge in [0.25, 0.3) is 0 Å². The number of ether oxygens (including phenoxy) is 1. The Morgan fingerprint density at radius 1 is 1.38 bits per heavy atom. The van der Waals surface area contributed by atoms with Crippen LogP contribution in [-0.4, -0.2) is 36.0 Å². The topological polar surface area (TPSA) is 66.8 Å². The number of hydrogen-bond donors (Lipinski definition) is 2. The fourth-order valence-electron chi connectivity index (χ4n) is 3.12. The molecule has 0 heterocycles. The zero-order valence-corrected chi connectivity index (χ0v) is 12.8. The Morgan fingerprint density at radius 2 is 2.05 bits per heavy atom. The monoisotopic (exact) mass is 294 g/mol. The first-order chi connectivity index (χ1) is 9.90. The minimum Gasteiger partial charge on any atom is -0.461 e. The number of aliphatic hydroxyl groups excluding tert-OH is 2. The first kappa shape index (κ1) is 17.7. The molecule has 0 radical (unpaired) electrons. The van der Waals surface area contributed by atoms with E-state index in [1.165, 1.54) is 6.92 Å². The summed E-state index contributed by atoms with van der Waals surface area (Å²) in [7, 11) is 0. The second-order valence-electron chi connectivity index (χ2n) is 5.87. The van der Waals surface area contributed by atoms with E-state index < -0.39 is 5.41 Å². The fourth-order valence-corrected chi connectivity index (χ4v) is 3.12. The Labute approximate surface area is 126 Å². The SMILES string of the molecule is C=C[C@]1(CO)CCC(C(=C)CO)C[C@H]1C(=C)COC(C)=O. The highest BCUT2D eigenvalue weighted by molar-refractivity contribution is 5.66. The lowest BCUT2D eigenvalue weighted by atomic mass is 9.60. The lowest BCUT2D eigenvalue weighted by molar-refractivity contribution is -0.140. The van der Waals surface area contributed by atoms with E-state index in [0.29, 0.717) is 0 Å². The molecule has 1 aliphatic carbocycles. The predicted molar refractivity (Wildman–Crippen MR) is 82.5 cm³/mol. The summed E-state index contributed by atoms with van der Waals surface area (Å²) in [4.78, 5) is 11.0. The van der Waals surface area contributed by atoms with Crippen LogP contribution in [0.15, 0.2) is 37.0 Å². The summed E-state index contributed by atoms with van der Waals surface area (Å²) in [5.41, 5.74) is 1.13. The standard InChI is InChI=1S/C17H26O4/c1-5-17(11-19)7-6-15(12(2)9-18)8-16(17)13(3)10-21-14(4)20/h5,15-16,18-19H,1-3,6-11H2,4H3/t15?,16-,17+/m0/s1. The summed E-state index contributed by atoms with van der Waals surface area (Å²) >= 11 is 0. The third-order valence-corrected chi connectivity index (χ3v) is 4.61. The van der Waals surface area contributed by atoms with E-state index in [4.69, 9.17) is 4.74 Å². The molecule has 1 aliphatic rings. The zero-order valence-electron chi connectivity index (χ0n) is 12.8. The first-order valence-electron chi connectivity index (χ1n) is 7.24. The highest BCUT2D eigenvalue weighted by atomic mass is 16.5. The van der Waals surface area contributed by atoms with Crippen LogP contribution < -0.4 is 0 Å². The highest BCUT2D eigenvalue weighted by Gasteiger charge is 2.42. The molecule has 0 aromatic heterocycles. The van der Waals surface area contributed by atoms with E-state index in [2.05, 4.69) is 19.7 Å². The zero-order chi connectivity index (χ0) is 16.0. The molecule has 0 amide bonds. The van der Waals surface area contributed by atoms with Crippen LogP contribution >= 0.6 is 0 Å². The van der Waals surface area contributed by atoms with Gasteiger partial charge in [-0.25, -0.2) is 0 Å². The van der Waals surface area contributed by atoms with Crippen molar-refractivity contribution in [3.63, 3.8) is 0 Å². The van der Waals surface area contributed by atoms with E-state index in [-0.39, 0.29) is 37.6 Å². The van der Waals surface area contributed by atoms with Gasteiger partial charge in [0.2, 0.25) is 0 Å². The molecule has 4 heteroatoms. The molecule has 0 saturated heterocycles. The third kappa shape index (κ3) is 4.05. The molecule has 118 valence electrons. The van der Waals surface area contributed by atoms with Crippen molar-refractivity contribution in [2.75, 3.05) is 19.8 Å². The Morgan fingerprint density at radius 3 is 2.52 bits per heavy atom. The van der Waals surface area contributed by atoms with E-state index in [1.807, 2.05) is 0 Å². The van der Waals surface area contributed by atoms with Crippen LogP contribution in [0.2, 0.25) is 0 Å². The van der Waals surface area contributed by atoms with Crippen LogP contribution in [-0.2, 0) is 9.53 Å². The minimum atomic E-state index is -0.441. The molecule has 0 spiro atoms. The van der Waals surface area contributed by atoms with Crippen molar-refractivity contribution < 1.29 is 19.7 Å². The summed E-state index contributed by atoms with van der Waals surface area (Å²) in [5.74, 6) is -0.202. The maximum Gasteiger partial charge on any atom is 0.302 e. The summed E-state index contributed by atoms with van der Waals surface area (Å²) < 4.78 is 5.04. The van der Waals surface area contributed by atoms with Gasteiger partial charge in [0.05, 0.1) is 13.2 Å². The van der Waals surface area contributed by atoms with E-state index in [9.17, 15) is 15.0 Å². The molecule has 2 N–H and O–H groups in total. The highest BCUT2D eigenvalue weighted by Crippen LogP contribution is 2.48. The van der Waals surface area contributed by atoms with E-state index in [0.717, 1.165) is 30.4 Å². The van der Waals surface area contributed by atoms with Gasteiger partial charge >= 0.3 is 5.97 Å². The first-order valence-corrected chi connectivity index (χ1v) is 7.24. The number of aliphatic hydroxyl groups is 2. The van der Waals surface area contributed by atoms with E-state index >= 15 is 0 Å². The molecular formula is C17H26O4. The minimum absolute atomic E-state index is 0.0153. The van der Waals surface area contributed by atoms with Crippen molar-refractivity contribution in [3.8, 4) is 0 Å². The number of rotatable bonds is 7. The maximum atomic E-state index is 11.0. The molecule has 1 saturated carbocycles. The molecule has 1 fully saturated rings. The van der Waals surface area contributed by atoms with Gasteiger partial charge in [0.15, 0.2) is 0 Å². The van der Waals surface area contributed by atoms with Crippen molar-refractivity contribution in [3.05, 3.63) is 37.0 Å². The third-order valence-electron chi connectivity index (χ3n) is 4.61. The number of carbonyl (C=O) groups excluding carboxylic acids is 1. The second-order valence-corrected chi connectivity index (χ2v) is 5.87.